The summed E-state index contributed by atoms with van der Waals surface area (Å²) in [4.78, 5) is 23.8. The van der Waals surface area contributed by atoms with Gasteiger partial charge in [0.15, 0.2) is 0 Å². The number of nitrogens with zero attached hydrogens (tertiary/aromatic N) is 1. The smallest absolute Gasteiger partial charge is 0.341 e. The highest BCUT2D eigenvalue weighted by atomic mass is 32.2. The maximum absolute atomic E-state index is 12.9. The predicted molar refractivity (Wildman–Crippen MR) is 75.1 cm³/mol. The average molecular weight is 294 g/mol. The van der Waals surface area contributed by atoms with Gasteiger partial charge in [0.1, 0.15) is 17.2 Å². The number of carboxylic acids is 1. The number of aromatic carboxylic acids is 1. The molecule has 0 aliphatic carbocycles. The molecule has 0 fully saturated rings. The van der Waals surface area contributed by atoms with Crippen molar-refractivity contribution >= 4 is 23.5 Å². The molecule has 0 saturated carbocycles. The van der Waals surface area contributed by atoms with Crippen LogP contribution in [0.1, 0.15) is 10.4 Å². The number of carboxylic acid groups (broad SMARTS) is 1. The van der Waals surface area contributed by atoms with Gasteiger partial charge in [-0.15, -0.1) is 11.8 Å². The summed E-state index contributed by atoms with van der Waals surface area (Å²) in [7, 11) is 0. The van der Waals surface area contributed by atoms with Crippen molar-refractivity contribution in [3.05, 3.63) is 52.1 Å². The predicted octanol–water partition coefficient (Wildman–Crippen LogP) is 1.98. The van der Waals surface area contributed by atoms with Crippen molar-refractivity contribution in [3.63, 3.8) is 0 Å². The van der Waals surface area contributed by atoms with Crippen molar-refractivity contribution in [1.82, 2.24) is 4.57 Å². The fourth-order valence-corrected chi connectivity index (χ4v) is 2.31. The Hall–Kier alpha value is -2.28. The van der Waals surface area contributed by atoms with Crippen LogP contribution in [0.3, 0.4) is 0 Å². The number of nitrogens with two attached hydrogens (primary N) is 1. The first-order valence-electron chi connectivity index (χ1n) is 5.54. The Labute approximate surface area is 117 Å². The second kappa shape index (κ2) is 5.38. The Kier molecular flexibility index (Phi) is 3.80. The summed E-state index contributed by atoms with van der Waals surface area (Å²) in [6.45, 7) is 0. The molecule has 3 N–H and O–H groups in total. The molecule has 0 atom stereocenters. The number of carbonyl (C=O) groups is 1. The van der Waals surface area contributed by atoms with Crippen LogP contribution in [0, 0.1) is 5.82 Å². The van der Waals surface area contributed by atoms with E-state index < -0.39 is 17.3 Å². The lowest BCUT2D eigenvalue weighted by molar-refractivity contribution is 0.0694. The number of halogens is 1. The van der Waals surface area contributed by atoms with Crippen LogP contribution in [0.5, 0.6) is 0 Å². The monoisotopic (exact) mass is 294 g/mol. The van der Waals surface area contributed by atoms with Gasteiger partial charge in [0.2, 0.25) is 0 Å². The van der Waals surface area contributed by atoms with Crippen LogP contribution in [-0.2, 0) is 0 Å². The molecule has 2 aromatic rings. The molecular formula is C13H11FN2O3S. The SMILES string of the molecule is CSc1cc(C(=O)O)c(=O)n(-c2ccc(F)cc2)c1N. The number of hydrogen-bond acceptors (Lipinski definition) is 4. The van der Waals surface area contributed by atoms with Crippen LogP contribution in [0.4, 0.5) is 10.2 Å². The van der Waals surface area contributed by atoms with E-state index in [2.05, 4.69) is 0 Å². The van der Waals surface area contributed by atoms with E-state index in [1.165, 1.54) is 42.1 Å². The molecule has 20 heavy (non-hydrogen) atoms. The van der Waals surface area contributed by atoms with E-state index in [0.717, 1.165) is 4.57 Å². The van der Waals surface area contributed by atoms with E-state index in [4.69, 9.17) is 10.8 Å². The lowest BCUT2D eigenvalue weighted by Gasteiger charge is -2.13. The van der Waals surface area contributed by atoms with Crippen molar-refractivity contribution in [2.24, 2.45) is 0 Å². The minimum atomic E-state index is -1.33. The molecule has 1 aromatic carbocycles. The highest BCUT2D eigenvalue weighted by molar-refractivity contribution is 7.98. The third-order valence-electron chi connectivity index (χ3n) is 2.74. The quantitative estimate of drug-likeness (QED) is 0.845. The minimum absolute atomic E-state index is 0.124. The molecule has 0 radical (unpaired) electrons. The third-order valence-corrected chi connectivity index (χ3v) is 3.50. The number of pyridine rings is 1. The molecule has 0 bridgehead atoms. The number of anilines is 1. The molecule has 0 aliphatic rings. The normalized spacial score (nSPS) is 10.5. The second-order valence-electron chi connectivity index (χ2n) is 3.93. The largest absolute Gasteiger partial charge is 0.477 e. The van der Waals surface area contributed by atoms with Gasteiger partial charge in [-0.2, -0.15) is 0 Å². The summed E-state index contributed by atoms with van der Waals surface area (Å²) in [5.41, 5.74) is 5.07. The van der Waals surface area contributed by atoms with E-state index >= 15 is 0 Å². The van der Waals surface area contributed by atoms with Crippen molar-refractivity contribution < 1.29 is 14.3 Å². The van der Waals surface area contributed by atoms with Gasteiger partial charge in [-0.25, -0.2) is 9.18 Å². The standard InChI is InChI=1S/C13H11FN2O3S/c1-20-10-6-9(13(18)19)12(17)16(11(10)15)8-4-2-7(14)3-5-8/h2-6H,15H2,1H3,(H,18,19). The fraction of sp³-hybridized carbons (Fsp3) is 0.0769. The molecule has 0 aliphatic heterocycles. The average Bonchev–Trinajstić information content (AvgIpc) is 2.41. The van der Waals surface area contributed by atoms with Crippen LogP contribution in [0.2, 0.25) is 0 Å². The molecule has 0 amide bonds. The van der Waals surface area contributed by atoms with Gasteiger partial charge < -0.3 is 10.8 Å². The zero-order chi connectivity index (χ0) is 14.9. The van der Waals surface area contributed by atoms with Crippen LogP contribution in [0.25, 0.3) is 5.69 Å². The Morgan fingerprint density at radius 3 is 2.45 bits per heavy atom. The van der Waals surface area contributed by atoms with Crippen LogP contribution >= 0.6 is 11.8 Å². The molecular weight excluding hydrogens is 283 g/mol. The Morgan fingerprint density at radius 2 is 1.95 bits per heavy atom. The number of thioether (sulfide) groups is 1. The van der Waals surface area contributed by atoms with Crippen molar-refractivity contribution in [2.75, 3.05) is 12.0 Å². The maximum Gasteiger partial charge on any atom is 0.341 e. The summed E-state index contributed by atoms with van der Waals surface area (Å²) < 4.78 is 14.0. The first-order valence-corrected chi connectivity index (χ1v) is 6.77. The lowest BCUT2D eigenvalue weighted by Crippen LogP contribution is -2.27. The van der Waals surface area contributed by atoms with Gasteiger partial charge in [-0.05, 0) is 36.6 Å². The molecule has 1 aromatic heterocycles. The van der Waals surface area contributed by atoms with E-state index in [9.17, 15) is 14.0 Å². The number of benzene rings is 1. The van der Waals surface area contributed by atoms with Crippen molar-refractivity contribution in [3.8, 4) is 5.69 Å². The van der Waals surface area contributed by atoms with Crippen molar-refractivity contribution in [1.29, 1.82) is 0 Å². The lowest BCUT2D eigenvalue weighted by atomic mass is 10.2. The highest BCUT2D eigenvalue weighted by Crippen LogP contribution is 2.24. The molecule has 1 heterocycles. The molecule has 0 spiro atoms. The number of rotatable bonds is 3. The van der Waals surface area contributed by atoms with Crippen LogP contribution in [-0.4, -0.2) is 21.9 Å². The van der Waals surface area contributed by atoms with E-state index in [1.54, 1.807) is 6.26 Å². The summed E-state index contributed by atoms with van der Waals surface area (Å²) in [5.74, 6) is -1.67. The summed E-state index contributed by atoms with van der Waals surface area (Å²) in [5, 5.41) is 9.07. The summed E-state index contributed by atoms with van der Waals surface area (Å²) in [6, 6.07) is 6.32. The van der Waals surface area contributed by atoms with E-state index in [1.807, 2.05) is 0 Å². The topological polar surface area (TPSA) is 85.3 Å². The minimum Gasteiger partial charge on any atom is -0.477 e. The molecule has 0 unspecified atom stereocenters. The first kappa shape index (κ1) is 14.1. The van der Waals surface area contributed by atoms with E-state index in [-0.39, 0.29) is 11.4 Å². The second-order valence-corrected chi connectivity index (χ2v) is 4.78. The molecule has 104 valence electrons. The number of hydrogen-bond donors (Lipinski definition) is 2. The highest BCUT2D eigenvalue weighted by Gasteiger charge is 2.18. The zero-order valence-electron chi connectivity index (χ0n) is 10.5. The van der Waals surface area contributed by atoms with Crippen LogP contribution in [0.15, 0.2) is 40.0 Å². The zero-order valence-corrected chi connectivity index (χ0v) is 11.3. The third kappa shape index (κ3) is 2.39. The fourth-order valence-electron chi connectivity index (χ4n) is 1.77. The van der Waals surface area contributed by atoms with Gasteiger partial charge in [0, 0.05) is 4.90 Å². The summed E-state index contributed by atoms with van der Waals surface area (Å²) in [6.07, 6.45) is 1.72. The van der Waals surface area contributed by atoms with Gasteiger partial charge in [-0.1, -0.05) is 0 Å². The van der Waals surface area contributed by atoms with Gasteiger partial charge in [0.05, 0.1) is 5.69 Å². The Balaban J connectivity index is 2.80. The maximum atomic E-state index is 12.9. The number of nitrogen functional groups attached to an aromatic ring is 1. The first-order chi connectivity index (χ1) is 9.45. The molecule has 2 rings (SSSR count). The Morgan fingerprint density at radius 1 is 1.35 bits per heavy atom. The van der Waals surface area contributed by atoms with Gasteiger partial charge in [0.25, 0.3) is 5.56 Å². The van der Waals surface area contributed by atoms with Gasteiger partial charge in [-0.3, -0.25) is 9.36 Å². The van der Waals surface area contributed by atoms with Crippen LogP contribution < -0.4 is 11.3 Å². The van der Waals surface area contributed by atoms with Gasteiger partial charge >= 0.3 is 5.97 Å². The molecule has 5 nitrogen and oxygen atoms in total. The summed E-state index contributed by atoms with van der Waals surface area (Å²) >= 11 is 1.23. The molecule has 0 saturated heterocycles. The van der Waals surface area contributed by atoms with E-state index in [0.29, 0.717) is 10.6 Å². The molecule has 7 heteroatoms. The number of aromatic nitrogens is 1. The van der Waals surface area contributed by atoms with Crippen molar-refractivity contribution in [2.45, 2.75) is 4.90 Å². The Bertz CT molecular complexity index is 726.